The highest BCUT2D eigenvalue weighted by molar-refractivity contribution is 9.10. The minimum absolute atomic E-state index is 0.0948. The maximum atomic E-state index is 11.1. The number of nitrogens with two attached hydrogens (primary N) is 2. The maximum absolute atomic E-state index is 11.1. The number of halogens is 1. The molecule has 0 fully saturated rings. The first-order valence-electron chi connectivity index (χ1n) is 4.60. The Morgan fingerprint density at radius 3 is 2.80 bits per heavy atom. The molecule has 0 saturated carbocycles. The molecule has 1 unspecified atom stereocenters. The Balaban J connectivity index is 3.02. The molecule has 0 aliphatic heterocycles. The van der Waals surface area contributed by atoms with Gasteiger partial charge in [0.25, 0.3) is 5.91 Å². The minimum Gasteiger partial charge on any atom is -0.381 e. The van der Waals surface area contributed by atoms with Gasteiger partial charge >= 0.3 is 0 Å². The van der Waals surface area contributed by atoms with Crippen LogP contribution in [0, 0.1) is 0 Å². The van der Waals surface area contributed by atoms with E-state index in [-0.39, 0.29) is 6.04 Å². The summed E-state index contributed by atoms with van der Waals surface area (Å²) in [6.07, 6.45) is 0. The van der Waals surface area contributed by atoms with Gasteiger partial charge in [-0.2, -0.15) is 0 Å². The van der Waals surface area contributed by atoms with Gasteiger partial charge in [-0.1, -0.05) is 15.9 Å². The highest BCUT2D eigenvalue weighted by Crippen LogP contribution is 2.21. The average Bonchev–Trinajstić information content (AvgIpc) is 2.17. The van der Waals surface area contributed by atoms with Gasteiger partial charge in [0, 0.05) is 22.7 Å². The van der Waals surface area contributed by atoms with Crippen LogP contribution < -0.4 is 16.8 Å². The van der Waals surface area contributed by atoms with E-state index in [1.165, 1.54) is 0 Å². The second-order valence-electron chi connectivity index (χ2n) is 3.34. The SMILES string of the molecule is CC(CN)Nc1cc(Br)ccc1C(N)=O. The molecule has 0 aliphatic rings. The van der Waals surface area contributed by atoms with E-state index in [1.54, 1.807) is 12.1 Å². The quantitative estimate of drug-likeness (QED) is 0.772. The molecular weight excluding hydrogens is 258 g/mol. The van der Waals surface area contributed by atoms with E-state index in [0.29, 0.717) is 17.8 Å². The minimum atomic E-state index is -0.450. The molecule has 0 spiro atoms. The predicted octanol–water partition coefficient (Wildman–Crippen LogP) is 1.31. The number of primary amides is 1. The molecule has 5 heteroatoms. The van der Waals surface area contributed by atoms with Crippen molar-refractivity contribution in [1.29, 1.82) is 0 Å². The fourth-order valence-corrected chi connectivity index (χ4v) is 1.54. The molecule has 82 valence electrons. The number of nitrogens with one attached hydrogen (secondary N) is 1. The van der Waals surface area contributed by atoms with Gasteiger partial charge < -0.3 is 16.8 Å². The fourth-order valence-electron chi connectivity index (χ4n) is 1.18. The number of amides is 1. The van der Waals surface area contributed by atoms with Crippen molar-refractivity contribution in [3.63, 3.8) is 0 Å². The summed E-state index contributed by atoms with van der Waals surface area (Å²) in [5.74, 6) is -0.450. The number of rotatable bonds is 4. The number of carbonyl (C=O) groups is 1. The Labute approximate surface area is 97.1 Å². The Morgan fingerprint density at radius 2 is 2.27 bits per heavy atom. The Morgan fingerprint density at radius 1 is 1.60 bits per heavy atom. The van der Waals surface area contributed by atoms with Crippen LogP contribution in [0.2, 0.25) is 0 Å². The van der Waals surface area contributed by atoms with Crippen molar-refractivity contribution in [3.05, 3.63) is 28.2 Å². The molecule has 0 saturated heterocycles. The molecule has 0 aromatic heterocycles. The summed E-state index contributed by atoms with van der Waals surface area (Å²) < 4.78 is 0.888. The highest BCUT2D eigenvalue weighted by Gasteiger charge is 2.09. The lowest BCUT2D eigenvalue weighted by Crippen LogP contribution is -2.26. The van der Waals surface area contributed by atoms with E-state index >= 15 is 0 Å². The van der Waals surface area contributed by atoms with Gasteiger partial charge in [0.1, 0.15) is 0 Å². The predicted molar refractivity (Wildman–Crippen MR) is 64.8 cm³/mol. The standard InChI is InChI=1S/C10H14BrN3O/c1-6(5-12)14-9-4-7(11)2-3-8(9)10(13)15/h2-4,6,14H,5,12H2,1H3,(H2,13,15). The van der Waals surface area contributed by atoms with Crippen molar-refractivity contribution < 1.29 is 4.79 Å². The third kappa shape index (κ3) is 3.21. The van der Waals surface area contributed by atoms with Crippen LogP contribution in [0.4, 0.5) is 5.69 Å². The van der Waals surface area contributed by atoms with Crippen LogP contribution in [-0.4, -0.2) is 18.5 Å². The van der Waals surface area contributed by atoms with Gasteiger partial charge in [-0.05, 0) is 25.1 Å². The molecule has 1 aromatic rings. The number of anilines is 1. The molecule has 1 rings (SSSR count). The van der Waals surface area contributed by atoms with E-state index in [4.69, 9.17) is 11.5 Å². The molecule has 1 aromatic carbocycles. The molecule has 15 heavy (non-hydrogen) atoms. The summed E-state index contributed by atoms with van der Waals surface area (Å²) in [7, 11) is 0. The van der Waals surface area contributed by atoms with E-state index in [1.807, 2.05) is 13.0 Å². The summed E-state index contributed by atoms with van der Waals surface area (Å²) in [6.45, 7) is 2.43. The lowest BCUT2D eigenvalue weighted by molar-refractivity contribution is 0.100. The Bertz CT molecular complexity index is 368. The zero-order valence-corrected chi connectivity index (χ0v) is 10.0. The topological polar surface area (TPSA) is 81.1 Å². The molecule has 0 radical (unpaired) electrons. The molecule has 5 N–H and O–H groups in total. The summed E-state index contributed by atoms with van der Waals surface area (Å²) in [4.78, 5) is 11.1. The first-order valence-corrected chi connectivity index (χ1v) is 5.40. The van der Waals surface area contributed by atoms with Crippen LogP contribution in [0.25, 0.3) is 0 Å². The summed E-state index contributed by atoms with van der Waals surface area (Å²) in [5, 5.41) is 3.13. The highest BCUT2D eigenvalue weighted by atomic mass is 79.9. The van der Waals surface area contributed by atoms with Crippen LogP contribution in [0.1, 0.15) is 17.3 Å². The first kappa shape index (κ1) is 12.0. The molecule has 1 amide bonds. The van der Waals surface area contributed by atoms with Crippen molar-refractivity contribution >= 4 is 27.5 Å². The van der Waals surface area contributed by atoms with Crippen LogP contribution >= 0.6 is 15.9 Å². The van der Waals surface area contributed by atoms with Gasteiger partial charge in [0.05, 0.1) is 5.56 Å². The lowest BCUT2D eigenvalue weighted by atomic mass is 10.1. The molecule has 0 bridgehead atoms. The molecule has 0 heterocycles. The Kier molecular flexibility index (Phi) is 4.11. The number of hydrogen-bond acceptors (Lipinski definition) is 3. The number of benzene rings is 1. The zero-order chi connectivity index (χ0) is 11.4. The second-order valence-corrected chi connectivity index (χ2v) is 4.25. The second kappa shape index (κ2) is 5.14. The van der Waals surface area contributed by atoms with Crippen molar-refractivity contribution in [2.45, 2.75) is 13.0 Å². The van der Waals surface area contributed by atoms with Gasteiger partial charge in [0.15, 0.2) is 0 Å². The van der Waals surface area contributed by atoms with Gasteiger partial charge in [-0.25, -0.2) is 0 Å². The normalized spacial score (nSPS) is 12.2. The number of hydrogen-bond donors (Lipinski definition) is 3. The summed E-state index contributed by atoms with van der Waals surface area (Å²) in [5.41, 5.74) is 11.9. The van der Waals surface area contributed by atoms with Crippen LogP contribution in [-0.2, 0) is 0 Å². The largest absolute Gasteiger partial charge is 0.381 e. The molecular formula is C10H14BrN3O. The lowest BCUT2D eigenvalue weighted by Gasteiger charge is -2.15. The fraction of sp³-hybridized carbons (Fsp3) is 0.300. The van der Waals surface area contributed by atoms with Crippen LogP contribution in [0.5, 0.6) is 0 Å². The average molecular weight is 272 g/mol. The van der Waals surface area contributed by atoms with E-state index < -0.39 is 5.91 Å². The first-order chi connectivity index (χ1) is 7.04. The molecule has 0 aliphatic carbocycles. The van der Waals surface area contributed by atoms with Gasteiger partial charge in [0.2, 0.25) is 0 Å². The third-order valence-electron chi connectivity index (χ3n) is 2.00. The van der Waals surface area contributed by atoms with E-state index in [0.717, 1.165) is 4.47 Å². The van der Waals surface area contributed by atoms with E-state index in [2.05, 4.69) is 21.2 Å². The Hall–Kier alpha value is -1.07. The number of carbonyl (C=O) groups excluding carboxylic acids is 1. The van der Waals surface area contributed by atoms with Crippen molar-refractivity contribution in [2.75, 3.05) is 11.9 Å². The summed E-state index contributed by atoms with van der Waals surface area (Å²) in [6, 6.07) is 5.36. The van der Waals surface area contributed by atoms with E-state index in [9.17, 15) is 4.79 Å². The van der Waals surface area contributed by atoms with Crippen molar-refractivity contribution in [3.8, 4) is 0 Å². The smallest absolute Gasteiger partial charge is 0.250 e. The third-order valence-corrected chi connectivity index (χ3v) is 2.50. The van der Waals surface area contributed by atoms with Crippen molar-refractivity contribution in [1.82, 2.24) is 0 Å². The monoisotopic (exact) mass is 271 g/mol. The molecule has 4 nitrogen and oxygen atoms in total. The maximum Gasteiger partial charge on any atom is 0.250 e. The molecule has 1 atom stereocenters. The van der Waals surface area contributed by atoms with Crippen LogP contribution in [0.15, 0.2) is 22.7 Å². The van der Waals surface area contributed by atoms with Gasteiger partial charge in [-0.15, -0.1) is 0 Å². The van der Waals surface area contributed by atoms with Gasteiger partial charge in [-0.3, -0.25) is 4.79 Å². The van der Waals surface area contributed by atoms with Crippen molar-refractivity contribution in [2.24, 2.45) is 11.5 Å². The summed E-state index contributed by atoms with van der Waals surface area (Å²) >= 11 is 3.33. The zero-order valence-electron chi connectivity index (χ0n) is 8.46. The van der Waals surface area contributed by atoms with Crippen LogP contribution in [0.3, 0.4) is 0 Å².